The van der Waals surface area contributed by atoms with Crippen molar-refractivity contribution in [2.75, 3.05) is 21.3 Å². The van der Waals surface area contributed by atoms with Crippen molar-refractivity contribution in [1.29, 1.82) is 0 Å². The highest BCUT2D eigenvalue weighted by Gasteiger charge is 2.30. The summed E-state index contributed by atoms with van der Waals surface area (Å²) in [6.07, 6.45) is 2.04. The van der Waals surface area contributed by atoms with Crippen LogP contribution in [0.15, 0.2) is 41.5 Å². The second kappa shape index (κ2) is 9.60. The normalized spacial score (nSPS) is 18.6. The van der Waals surface area contributed by atoms with Crippen LogP contribution in [0.5, 0.6) is 17.2 Å². The molecule has 9 heteroatoms. The number of hydrazine groups is 1. The van der Waals surface area contributed by atoms with Crippen LogP contribution in [0.2, 0.25) is 5.02 Å². The lowest BCUT2D eigenvalue weighted by molar-refractivity contribution is -0.122. The molecule has 0 radical (unpaired) electrons. The first kappa shape index (κ1) is 20.9. The summed E-state index contributed by atoms with van der Waals surface area (Å²) in [5, 5.41) is 4.70. The molecule has 1 heterocycles. The third kappa shape index (κ3) is 4.79. The third-order valence-corrected chi connectivity index (χ3v) is 4.96. The number of hydrogen-bond acceptors (Lipinski definition) is 7. The zero-order valence-electron chi connectivity index (χ0n) is 16.4. The average molecular weight is 419 g/mol. The second-order valence-electron chi connectivity index (χ2n) is 6.33. The largest absolute Gasteiger partial charge is 0.496 e. The molecular weight excluding hydrogens is 396 g/mol. The maximum Gasteiger partial charge on any atom is 0.258 e. The number of nitrogens with zero attached hydrogens (tertiary/aromatic N) is 1. The van der Waals surface area contributed by atoms with Crippen LogP contribution < -0.4 is 30.5 Å². The molecule has 1 saturated heterocycles. The van der Waals surface area contributed by atoms with Gasteiger partial charge in [-0.25, -0.2) is 16.3 Å². The minimum Gasteiger partial charge on any atom is -0.496 e. The van der Waals surface area contributed by atoms with E-state index in [-0.39, 0.29) is 11.9 Å². The summed E-state index contributed by atoms with van der Waals surface area (Å²) < 4.78 is 15.9. The standard InChI is InChI=1S/C20H23ClN4O4/c1-27-17-10-19(29-3)18(28-2)8-12(17)11-22-25-20(26)16-9-15(23-24-16)13-6-4-5-7-14(13)21/h4-8,10-11,15-16,23-24H,9H2,1-3H3,(H,25,26)/b22-11+. The average Bonchev–Trinajstić information content (AvgIpc) is 3.23. The summed E-state index contributed by atoms with van der Waals surface area (Å²) in [5.41, 5.74) is 10.2. The SMILES string of the molecule is COc1cc(OC)c(OC)cc1/C=N/NC(=O)C1CC(c2ccccc2Cl)NN1. The number of carbonyl (C=O) groups excluding carboxylic acids is 1. The number of methoxy groups -OCH3 is 3. The van der Waals surface area contributed by atoms with E-state index in [1.807, 2.05) is 24.3 Å². The van der Waals surface area contributed by atoms with Gasteiger partial charge in [-0.05, 0) is 24.1 Å². The number of hydrazone groups is 1. The van der Waals surface area contributed by atoms with Crippen molar-refractivity contribution in [3.63, 3.8) is 0 Å². The lowest BCUT2D eigenvalue weighted by Crippen LogP contribution is -2.41. The number of carbonyl (C=O) groups is 1. The minimum atomic E-state index is -0.444. The van der Waals surface area contributed by atoms with Crippen molar-refractivity contribution < 1.29 is 19.0 Å². The van der Waals surface area contributed by atoms with Gasteiger partial charge in [-0.2, -0.15) is 5.10 Å². The lowest BCUT2D eigenvalue weighted by Gasteiger charge is -2.12. The third-order valence-electron chi connectivity index (χ3n) is 4.61. The predicted octanol–water partition coefficient (Wildman–Crippen LogP) is 2.42. The Hall–Kier alpha value is -2.81. The summed E-state index contributed by atoms with van der Waals surface area (Å²) in [5.74, 6) is 1.35. The van der Waals surface area contributed by atoms with E-state index in [9.17, 15) is 4.79 Å². The second-order valence-corrected chi connectivity index (χ2v) is 6.74. The summed E-state index contributed by atoms with van der Waals surface area (Å²) in [6.45, 7) is 0. The molecule has 1 amide bonds. The fourth-order valence-electron chi connectivity index (χ4n) is 3.09. The monoisotopic (exact) mass is 418 g/mol. The maximum atomic E-state index is 12.4. The first-order valence-corrected chi connectivity index (χ1v) is 9.33. The van der Waals surface area contributed by atoms with Crippen LogP contribution in [0.3, 0.4) is 0 Å². The predicted molar refractivity (Wildman–Crippen MR) is 111 cm³/mol. The molecule has 3 N–H and O–H groups in total. The molecule has 2 atom stereocenters. The van der Waals surface area contributed by atoms with E-state index >= 15 is 0 Å². The van der Waals surface area contributed by atoms with Gasteiger partial charge in [0, 0.05) is 22.7 Å². The molecule has 2 aromatic carbocycles. The van der Waals surface area contributed by atoms with Gasteiger partial charge in [-0.3, -0.25) is 4.79 Å². The van der Waals surface area contributed by atoms with Gasteiger partial charge in [0.15, 0.2) is 11.5 Å². The van der Waals surface area contributed by atoms with Crippen molar-refractivity contribution in [3.8, 4) is 17.2 Å². The number of ether oxygens (including phenoxy) is 3. The number of benzene rings is 2. The van der Waals surface area contributed by atoms with Gasteiger partial charge in [0.05, 0.1) is 27.5 Å². The number of halogens is 1. The van der Waals surface area contributed by atoms with Gasteiger partial charge >= 0.3 is 0 Å². The van der Waals surface area contributed by atoms with Crippen LogP contribution in [0, 0.1) is 0 Å². The number of nitrogens with one attached hydrogen (secondary N) is 3. The van der Waals surface area contributed by atoms with Gasteiger partial charge in [-0.1, -0.05) is 29.8 Å². The Kier molecular flexibility index (Phi) is 6.92. The van der Waals surface area contributed by atoms with Crippen LogP contribution >= 0.6 is 11.6 Å². The lowest BCUT2D eigenvalue weighted by atomic mass is 10.0. The molecule has 0 spiro atoms. The molecule has 2 unspecified atom stereocenters. The molecule has 0 aromatic heterocycles. The fraction of sp³-hybridized carbons (Fsp3) is 0.300. The van der Waals surface area contributed by atoms with E-state index in [4.69, 9.17) is 25.8 Å². The van der Waals surface area contributed by atoms with E-state index in [2.05, 4.69) is 21.4 Å². The summed E-state index contributed by atoms with van der Waals surface area (Å²) in [6, 6.07) is 10.5. The Morgan fingerprint density at radius 3 is 2.48 bits per heavy atom. The zero-order chi connectivity index (χ0) is 20.8. The highest BCUT2D eigenvalue weighted by atomic mass is 35.5. The summed E-state index contributed by atoms with van der Waals surface area (Å²) in [4.78, 5) is 12.4. The van der Waals surface area contributed by atoms with Crippen LogP contribution in [0.4, 0.5) is 0 Å². The fourth-order valence-corrected chi connectivity index (χ4v) is 3.35. The summed E-state index contributed by atoms with van der Waals surface area (Å²) in [7, 11) is 4.63. The Balaban J connectivity index is 1.64. The topological polar surface area (TPSA) is 93.2 Å². The van der Waals surface area contributed by atoms with Gasteiger partial charge in [0.25, 0.3) is 5.91 Å². The molecule has 2 aromatic rings. The van der Waals surface area contributed by atoms with Crippen LogP contribution in [0.25, 0.3) is 0 Å². The minimum absolute atomic E-state index is 0.0608. The van der Waals surface area contributed by atoms with Gasteiger partial charge in [0.2, 0.25) is 0 Å². The quantitative estimate of drug-likeness (QED) is 0.472. The Labute approximate surface area is 174 Å². The number of hydrogen-bond donors (Lipinski definition) is 3. The molecule has 0 bridgehead atoms. The van der Waals surface area contributed by atoms with Gasteiger partial charge < -0.3 is 14.2 Å². The van der Waals surface area contributed by atoms with E-state index in [0.717, 1.165) is 5.56 Å². The number of rotatable bonds is 7. The van der Waals surface area contributed by atoms with E-state index in [0.29, 0.717) is 34.3 Å². The van der Waals surface area contributed by atoms with Crippen molar-refractivity contribution in [2.24, 2.45) is 5.10 Å². The van der Waals surface area contributed by atoms with Crippen molar-refractivity contribution in [2.45, 2.75) is 18.5 Å². The highest BCUT2D eigenvalue weighted by Crippen LogP contribution is 2.33. The molecular formula is C20H23ClN4O4. The molecule has 0 aliphatic carbocycles. The first-order chi connectivity index (χ1) is 14.1. The van der Waals surface area contributed by atoms with Gasteiger partial charge in [0.1, 0.15) is 11.8 Å². The number of amides is 1. The smallest absolute Gasteiger partial charge is 0.258 e. The van der Waals surface area contributed by atoms with Crippen LogP contribution in [-0.4, -0.2) is 39.5 Å². The first-order valence-electron chi connectivity index (χ1n) is 8.95. The maximum absolute atomic E-state index is 12.4. The van der Waals surface area contributed by atoms with Crippen molar-refractivity contribution in [3.05, 3.63) is 52.5 Å². The van der Waals surface area contributed by atoms with Crippen LogP contribution in [-0.2, 0) is 4.79 Å². The Morgan fingerprint density at radius 1 is 1.10 bits per heavy atom. The van der Waals surface area contributed by atoms with E-state index in [1.165, 1.54) is 6.21 Å². The molecule has 1 aliphatic rings. The van der Waals surface area contributed by atoms with Crippen molar-refractivity contribution >= 4 is 23.7 Å². The molecule has 29 heavy (non-hydrogen) atoms. The summed E-state index contributed by atoms with van der Waals surface area (Å²) >= 11 is 6.24. The van der Waals surface area contributed by atoms with Gasteiger partial charge in [-0.15, -0.1) is 0 Å². The molecule has 8 nitrogen and oxygen atoms in total. The van der Waals surface area contributed by atoms with Crippen molar-refractivity contribution in [1.82, 2.24) is 16.3 Å². The molecule has 0 saturated carbocycles. The molecule has 1 fully saturated rings. The molecule has 154 valence electrons. The van der Waals surface area contributed by atoms with E-state index in [1.54, 1.807) is 33.5 Å². The Morgan fingerprint density at radius 2 is 1.79 bits per heavy atom. The zero-order valence-corrected chi connectivity index (χ0v) is 17.1. The highest BCUT2D eigenvalue weighted by molar-refractivity contribution is 6.31. The Bertz CT molecular complexity index is 906. The van der Waals surface area contributed by atoms with Crippen LogP contribution in [0.1, 0.15) is 23.6 Å². The van der Waals surface area contributed by atoms with E-state index < -0.39 is 6.04 Å². The molecule has 1 aliphatic heterocycles. The molecule has 3 rings (SSSR count).